The molecular formula is C90H104N2O28. The van der Waals surface area contributed by atoms with Gasteiger partial charge in [-0.15, -0.1) is 0 Å². The summed E-state index contributed by atoms with van der Waals surface area (Å²) in [5.74, 6) is -12.2. The number of Topliss-reactive ketones (excluding diaryl/α,β-unsaturated/α-hetero) is 2. The molecule has 4 saturated carbocycles. The van der Waals surface area contributed by atoms with Crippen LogP contribution in [0.4, 0.5) is 4.79 Å². The SMILES string of the molecule is CC(=O)O[C@@]12CO[C@@H]1C[C@H](O)[C@@]1(C)C(=O)[C@H](O)C3=C(C)[C@@H](OC(=O)C(O)[C@@H](NC(=O)OC(C)(C)C)c4ccccc4)C[C@@](O)([C@@H](OC(=O)c4ccccc4)[C@H]21)C3(C)C.CC(=O)O[C@H]1C(=O)[C@@]2(C)[C@H]([C@H](OC(=O)c3ccccc3)[C@]3(O)C[C@H](OC(=O)[C@H](O)[C@@H](NC(=O)c4ccccc4)c4ccccc4)C(C)=C1C3(C)C)[C@]1(OC(C)=O)CO[C@@H]1C[C@@H]2O. The van der Waals surface area contributed by atoms with Crippen molar-refractivity contribution in [2.45, 2.75) is 236 Å². The highest BCUT2D eigenvalue weighted by Gasteiger charge is 2.81. The van der Waals surface area contributed by atoms with Gasteiger partial charge in [0.25, 0.3) is 5.91 Å². The molecule has 0 radical (unpaired) electrons. The lowest BCUT2D eigenvalue weighted by Gasteiger charge is -2.67. The molecule has 120 heavy (non-hydrogen) atoms. The lowest BCUT2D eigenvalue weighted by molar-refractivity contribution is -0.346. The number of carbonyl (C=O) groups is 11. The Labute approximate surface area is 693 Å². The van der Waals surface area contributed by atoms with E-state index in [0.29, 0.717) is 11.1 Å². The lowest BCUT2D eigenvalue weighted by Crippen LogP contribution is -2.82. The summed E-state index contributed by atoms with van der Waals surface area (Å²) in [6, 6.07) is 37.6. The van der Waals surface area contributed by atoms with Crippen LogP contribution in [-0.2, 0) is 80.9 Å². The molecule has 8 aliphatic rings. The Bertz CT molecular complexity index is 4860. The van der Waals surface area contributed by atoms with Gasteiger partial charge < -0.3 is 93.7 Å². The summed E-state index contributed by atoms with van der Waals surface area (Å²) in [6.07, 6.45) is -22.0. The zero-order chi connectivity index (χ0) is 87.7. The topological polar surface area (TPSA) is 446 Å². The molecule has 642 valence electrons. The fourth-order valence-electron chi connectivity index (χ4n) is 19.7. The van der Waals surface area contributed by atoms with E-state index in [2.05, 4.69) is 10.6 Å². The van der Waals surface area contributed by atoms with E-state index in [-0.39, 0.29) is 65.0 Å². The van der Waals surface area contributed by atoms with Gasteiger partial charge in [0, 0.05) is 62.8 Å². The van der Waals surface area contributed by atoms with Gasteiger partial charge in [-0.3, -0.25) is 28.8 Å². The zero-order valence-electron chi connectivity index (χ0n) is 69.1. The smallest absolute Gasteiger partial charge is 0.408 e. The van der Waals surface area contributed by atoms with Crippen LogP contribution in [0.1, 0.15) is 177 Å². The molecule has 5 aromatic rings. The molecule has 9 N–H and O–H groups in total. The minimum atomic E-state index is -2.39. The van der Waals surface area contributed by atoms with Gasteiger partial charge in [-0.25, -0.2) is 24.0 Å². The number of benzene rings is 5. The van der Waals surface area contributed by atoms with Crippen molar-refractivity contribution in [1.82, 2.24) is 10.6 Å². The standard InChI is InChI=1S/C47H51NO14.C43H53NO14/c1-25-31(60-43(56)36(52)35(28-16-10-7-11-17-28)48-41(54)29-18-12-8-13-19-29)23-47(57)40(61-42(55)30-20-14-9-15-21-30)38-45(6,32(51)22-33-46(38,24-58-33)62-27(3)50)39(53)37(59-26(2)49)34(25)44(47,4)5;1-22-26(55-37(51)32(48)30(24-15-11-9-12-16-24)44-38(52)58-39(3,4)5)20-43(53)35(56-36(50)25-17-13-10-14-18-25)33-41(8,34(49)31(47)29(22)40(43,6)7)27(46)19-28-42(33,21-54-28)57-23(2)45/h7-21,31-33,35-38,40,51-52,57H,22-24H2,1-6H3,(H,48,54);9-18,26-28,30-33,35,46-48,53H,19-21H2,1-8H3,(H,44,52)/t31-,32-,33+,35-,36+,37+,38-,40-,45+,46-,47+;26-,27-,28+,30-,31+,32?,33-,35-,41+,42-,43+/m00/s1. The van der Waals surface area contributed by atoms with E-state index in [9.17, 15) is 83.7 Å². The summed E-state index contributed by atoms with van der Waals surface area (Å²) in [5, 5.41) is 91.8. The van der Waals surface area contributed by atoms with Crippen LogP contribution < -0.4 is 10.6 Å². The summed E-state index contributed by atoms with van der Waals surface area (Å²) in [5.41, 5.74) is -15.2. The van der Waals surface area contributed by atoms with E-state index in [1.165, 1.54) is 52.0 Å². The number of ether oxygens (including phenoxy) is 10. The number of aliphatic hydroxyl groups excluding tert-OH is 5. The molecule has 6 fully saturated rings. The Kier molecular flexibility index (Phi) is 24.6. The number of fused-ring (bicyclic) bond motifs is 10. The van der Waals surface area contributed by atoms with Crippen molar-refractivity contribution < 1.29 is 136 Å². The fraction of sp³-hybridized carbons (Fsp3) is 0.500. The van der Waals surface area contributed by atoms with Crippen molar-refractivity contribution in [1.29, 1.82) is 0 Å². The quantitative estimate of drug-likeness (QED) is 0.0242. The van der Waals surface area contributed by atoms with Crippen LogP contribution in [0.25, 0.3) is 0 Å². The Morgan fingerprint density at radius 3 is 1.20 bits per heavy atom. The Morgan fingerprint density at radius 1 is 0.475 bits per heavy atom. The third-order valence-electron chi connectivity index (χ3n) is 26.0. The molecule has 0 aromatic heterocycles. The summed E-state index contributed by atoms with van der Waals surface area (Å²) >= 11 is 0. The molecule has 5 aromatic carbocycles. The van der Waals surface area contributed by atoms with Gasteiger partial charge >= 0.3 is 47.9 Å². The molecule has 2 amide bonds. The van der Waals surface area contributed by atoms with E-state index in [1.807, 2.05) is 0 Å². The molecule has 0 spiro atoms. The number of esters is 7. The van der Waals surface area contributed by atoms with Crippen LogP contribution in [0, 0.1) is 33.5 Å². The van der Waals surface area contributed by atoms with Crippen molar-refractivity contribution >= 4 is 65.4 Å². The highest BCUT2D eigenvalue weighted by molar-refractivity contribution is 5.97. The van der Waals surface area contributed by atoms with Crippen molar-refractivity contribution in [2.24, 2.45) is 33.5 Å². The average Bonchev–Trinajstić information content (AvgIpc) is 0.672. The third kappa shape index (κ3) is 15.5. The number of amides is 2. The van der Waals surface area contributed by atoms with Gasteiger partial charge in [0.1, 0.15) is 59.5 Å². The molecule has 30 nitrogen and oxygen atoms in total. The first-order valence-electron chi connectivity index (χ1n) is 39.8. The van der Waals surface area contributed by atoms with Gasteiger partial charge in [-0.2, -0.15) is 0 Å². The summed E-state index contributed by atoms with van der Waals surface area (Å²) in [6.45, 7) is 19.8. The molecule has 1 unspecified atom stereocenters. The first-order valence-corrected chi connectivity index (χ1v) is 39.8. The number of rotatable bonds is 18. The number of nitrogens with one attached hydrogen (secondary N) is 2. The van der Waals surface area contributed by atoms with Crippen molar-refractivity contribution in [3.05, 3.63) is 202 Å². The van der Waals surface area contributed by atoms with Crippen LogP contribution in [0.5, 0.6) is 0 Å². The maximum atomic E-state index is 15.5. The fourth-order valence-corrected chi connectivity index (χ4v) is 19.7. The number of carbonyl (C=O) groups excluding carboxylic acids is 11. The third-order valence-corrected chi connectivity index (χ3v) is 26.0. The number of alkyl carbamates (subject to hydrolysis) is 1. The Hall–Kier alpha value is -10.4. The summed E-state index contributed by atoms with van der Waals surface area (Å²) < 4.78 is 59.8. The second-order valence-corrected chi connectivity index (χ2v) is 34.9. The minimum Gasteiger partial charge on any atom is -0.456 e. The molecule has 4 bridgehead atoms. The van der Waals surface area contributed by atoms with Gasteiger partial charge in [-0.05, 0) is 118 Å². The Morgan fingerprint density at radius 2 is 0.833 bits per heavy atom. The average molecular weight is 1660 g/mol. The minimum absolute atomic E-state index is 0.00289. The molecule has 22 atom stereocenters. The maximum absolute atomic E-state index is 15.5. The molecule has 2 aliphatic heterocycles. The lowest BCUT2D eigenvalue weighted by atomic mass is 9.44. The van der Waals surface area contributed by atoms with E-state index in [0.717, 1.165) is 20.8 Å². The predicted octanol–water partition coefficient (Wildman–Crippen LogP) is 7.00. The second kappa shape index (κ2) is 33.2. The summed E-state index contributed by atoms with van der Waals surface area (Å²) in [4.78, 5) is 152. The molecule has 30 heteroatoms. The van der Waals surface area contributed by atoms with Crippen LogP contribution in [0.3, 0.4) is 0 Å². The second-order valence-electron chi connectivity index (χ2n) is 34.9. The number of aliphatic hydroxyl groups is 7. The van der Waals surface area contributed by atoms with Crippen molar-refractivity contribution in [3.8, 4) is 0 Å². The normalized spacial score (nSPS) is 32.7. The van der Waals surface area contributed by atoms with Gasteiger partial charge in [0.2, 0.25) is 0 Å². The van der Waals surface area contributed by atoms with Crippen LogP contribution >= 0.6 is 0 Å². The van der Waals surface area contributed by atoms with Gasteiger partial charge in [0.15, 0.2) is 41.1 Å². The zero-order valence-corrected chi connectivity index (χ0v) is 69.1. The Balaban J connectivity index is 0.000000221. The van der Waals surface area contributed by atoms with Gasteiger partial charge in [0.05, 0.1) is 71.3 Å². The van der Waals surface area contributed by atoms with Crippen LogP contribution in [0.15, 0.2) is 174 Å². The molecular weight excluding hydrogens is 1560 g/mol. The molecule has 6 aliphatic carbocycles. The monoisotopic (exact) mass is 1660 g/mol. The first kappa shape index (κ1) is 88.9. The summed E-state index contributed by atoms with van der Waals surface area (Å²) in [7, 11) is 0. The predicted molar refractivity (Wildman–Crippen MR) is 421 cm³/mol. The van der Waals surface area contributed by atoms with E-state index >= 15 is 4.79 Å². The number of hydrogen-bond donors (Lipinski definition) is 9. The van der Waals surface area contributed by atoms with Crippen LogP contribution in [-0.4, -0.2) is 216 Å². The largest absolute Gasteiger partial charge is 0.456 e. The number of ketones is 2. The molecule has 13 rings (SSSR count). The molecule has 2 heterocycles. The van der Waals surface area contributed by atoms with Gasteiger partial charge in [-0.1, -0.05) is 143 Å². The number of hydrogen-bond acceptors (Lipinski definition) is 28. The van der Waals surface area contributed by atoms with Crippen molar-refractivity contribution in [3.63, 3.8) is 0 Å². The van der Waals surface area contributed by atoms with Crippen LogP contribution in [0.2, 0.25) is 0 Å². The first-order chi connectivity index (χ1) is 56.3. The highest BCUT2D eigenvalue weighted by atomic mass is 16.7. The highest BCUT2D eigenvalue weighted by Crippen LogP contribution is 2.67. The van der Waals surface area contributed by atoms with E-state index in [4.69, 9.17) is 47.4 Å². The van der Waals surface area contributed by atoms with E-state index in [1.54, 1.807) is 176 Å². The van der Waals surface area contributed by atoms with E-state index < -0.39 is 225 Å². The maximum Gasteiger partial charge on any atom is 0.408 e. The van der Waals surface area contributed by atoms with Crippen molar-refractivity contribution in [2.75, 3.05) is 13.2 Å². The molecule has 2 saturated heterocycles.